The van der Waals surface area contributed by atoms with Crippen molar-refractivity contribution >= 4 is 15.7 Å². The maximum absolute atomic E-state index is 11.4. The summed E-state index contributed by atoms with van der Waals surface area (Å²) in [5.74, 6) is 0. The van der Waals surface area contributed by atoms with Crippen molar-refractivity contribution < 1.29 is 8.42 Å². The van der Waals surface area contributed by atoms with Gasteiger partial charge in [0.15, 0.2) is 0 Å². The van der Waals surface area contributed by atoms with Crippen LogP contribution in [0.15, 0.2) is 42.9 Å². The van der Waals surface area contributed by atoms with E-state index in [2.05, 4.69) is 26.7 Å². The predicted molar refractivity (Wildman–Crippen MR) is 102 cm³/mol. The quantitative estimate of drug-likeness (QED) is 0.719. The maximum atomic E-state index is 11.4. The fourth-order valence-electron chi connectivity index (χ4n) is 2.63. The SMILES string of the molecule is CCCc1cc(-n2cc(-c3ccc(NS(C)(=O)=O)c(C)n3)cn2)ccn1. The molecule has 3 aromatic rings. The fraction of sp³-hybridized carbons (Fsp3) is 0.278. The van der Waals surface area contributed by atoms with Crippen LogP contribution in [-0.4, -0.2) is 34.4 Å². The average Bonchev–Trinajstić information content (AvgIpc) is 3.06. The zero-order valence-electron chi connectivity index (χ0n) is 15.0. The monoisotopic (exact) mass is 371 g/mol. The predicted octanol–water partition coefficient (Wildman–Crippen LogP) is 2.96. The van der Waals surface area contributed by atoms with Gasteiger partial charge in [-0.3, -0.25) is 14.7 Å². The summed E-state index contributed by atoms with van der Waals surface area (Å²) < 4.78 is 27.0. The second-order valence-electron chi connectivity index (χ2n) is 6.13. The molecule has 26 heavy (non-hydrogen) atoms. The van der Waals surface area contributed by atoms with E-state index in [-0.39, 0.29) is 0 Å². The molecule has 3 aromatic heterocycles. The zero-order chi connectivity index (χ0) is 18.7. The number of hydrogen-bond acceptors (Lipinski definition) is 5. The minimum Gasteiger partial charge on any atom is -0.282 e. The molecular formula is C18H21N5O2S. The van der Waals surface area contributed by atoms with Gasteiger partial charge in [0.25, 0.3) is 0 Å². The van der Waals surface area contributed by atoms with E-state index < -0.39 is 10.0 Å². The lowest BCUT2D eigenvalue weighted by atomic mass is 10.2. The second-order valence-corrected chi connectivity index (χ2v) is 7.88. The molecule has 0 unspecified atom stereocenters. The minimum absolute atomic E-state index is 0.474. The van der Waals surface area contributed by atoms with Gasteiger partial charge in [0, 0.05) is 23.7 Å². The van der Waals surface area contributed by atoms with Crippen LogP contribution in [0.5, 0.6) is 0 Å². The number of anilines is 1. The highest BCUT2D eigenvalue weighted by Gasteiger charge is 2.10. The van der Waals surface area contributed by atoms with Gasteiger partial charge in [-0.05, 0) is 37.6 Å². The number of hydrogen-bond donors (Lipinski definition) is 1. The van der Waals surface area contributed by atoms with Gasteiger partial charge in [-0.2, -0.15) is 5.10 Å². The molecule has 0 aliphatic rings. The van der Waals surface area contributed by atoms with Crippen LogP contribution in [0, 0.1) is 6.92 Å². The highest BCUT2D eigenvalue weighted by molar-refractivity contribution is 7.92. The van der Waals surface area contributed by atoms with Gasteiger partial charge in [0.2, 0.25) is 10.0 Å². The molecule has 0 spiro atoms. The van der Waals surface area contributed by atoms with Gasteiger partial charge >= 0.3 is 0 Å². The number of aryl methyl sites for hydroxylation is 2. The van der Waals surface area contributed by atoms with E-state index in [0.29, 0.717) is 11.4 Å². The molecule has 0 saturated heterocycles. The summed E-state index contributed by atoms with van der Waals surface area (Å²) in [4.78, 5) is 8.85. The van der Waals surface area contributed by atoms with Crippen LogP contribution < -0.4 is 4.72 Å². The van der Waals surface area contributed by atoms with Crippen molar-refractivity contribution in [1.82, 2.24) is 19.7 Å². The van der Waals surface area contributed by atoms with Gasteiger partial charge in [0.1, 0.15) is 0 Å². The molecule has 0 radical (unpaired) electrons. The normalized spacial score (nSPS) is 11.5. The summed E-state index contributed by atoms with van der Waals surface area (Å²) in [5, 5.41) is 4.41. The summed E-state index contributed by atoms with van der Waals surface area (Å²) in [7, 11) is -3.33. The first-order chi connectivity index (χ1) is 12.4. The molecule has 3 heterocycles. The van der Waals surface area contributed by atoms with Crippen molar-refractivity contribution in [1.29, 1.82) is 0 Å². The number of nitrogens with zero attached hydrogens (tertiary/aromatic N) is 4. The van der Waals surface area contributed by atoms with Crippen molar-refractivity contribution in [2.24, 2.45) is 0 Å². The number of pyridine rings is 2. The molecule has 0 bridgehead atoms. The molecule has 1 N–H and O–H groups in total. The average molecular weight is 371 g/mol. The third kappa shape index (κ3) is 4.26. The van der Waals surface area contributed by atoms with E-state index in [4.69, 9.17) is 0 Å². The first kappa shape index (κ1) is 18.1. The number of sulfonamides is 1. The Kier molecular flexibility index (Phi) is 5.03. The van der Waals surface area contributed by atoms with Crippen LogP contribution in [0.3, 0.4) is 0 Å². The van der Waals surface area contributed by atoms with Crippen molar-refractivity contribution in [3.63, 3.8) is 0 Å². The smallest absolute Gasteiger partial charge is 0.229 e. The Balaban J connectivity index is 1.88. The molecule has 0 aliphatic carbocycles. The van der Waals surface area contributed by atoms with E-state index in [9.17, 15) is 8.42 Å². The Hall–Kier alpha value is -2.74. The molecule has 7 nitrogen and oxygen atoms in total. The lowest BCUT2D eigenvalue weighted by Crippen LogP contribution is -2.11. The number of nitrogens with one attached hydrogen (secondary N) is 1. The Bertz CT molecular complexity index is 1030. The fourth-order valence-corrected chi connectivity index (χ4v) is 3.24. The Labute approximate surface area is 153 Å². The van der Waals surface area contributed by atoms with Crippen molar-refractivity contribution in [2.45, 2.75) is 26.7 Å². The van der Waals surface area contributed by atoms with Gasteiger partial charge in [-0.15, -0.1) is 0 Å². The van der Waals surface area contributed by atoms with E-state index in [1.54, 1.807) is 36.1 Å². The molecule has 0 fully saturated rings. The largest absolute Gasteiger partial charge is 0.282 e. The first-order valence-electron chi connectivity index (χ1n) is 8.31. The van der Waals surface area contributed by atoms with Crippen LogP contribution in [0.1, 0.15) is 24.7 Å². The summed E-state index contributed by atoms with van der Waals surface area (Å²) in [6.45, 7) is 3.89. The van der Waals surface area contributed by atoms with Crippen molar-refractivity contribution in [3.8, 4) is 16.9 Å². The minimum atomic E-state index is -3.33. The number of rotatable bonds is 6. The van der Waals surface area contributed by atoms with Crippen LogP contribution >= 0.6 is 0 Å². The lowest BCUT2D eigenvalue weighted by molar-refractivity contribution is 0.606. The Morgan fingerprint density at radius 2 is 2.04 bits per heavy atom. The summed E-state index contributed by atoms with van der Waals surface area (Å²) in [6, 6.07) is 7.42. The molecule has 0 aliphatic heterocycles. The van der Waals surface area contributed by atoms with Crippen LogP contribution in [0.25, 0.3) is 16.9 Å². The third-order valence-electron chi connectivity index (χ3n) is 3.83. The molecule has 8 heteroatoms. The maximum Gasteiger partial charge on any atom is 0.229 e. The third-order valence-corrected chi connectivity index (χ3v) is 4.42. The van der Waals surface area contributed by atoms with Crippen LogP contribution in [-0.2, 0) is 16.4 Å². The summed E-state index contributed by atoms with van der Waals surface area (Å²) in [5.41, 5.74) is 4.65. The lowest BCUT2D eigenvalue weighted by Gasteiger charge is -2.08. The van der Waals surface area contributed by atoms with Gasteiger partial charge < -0.3 is 0 Å². The summed E-state index contributed by atoms with van der Waals surface area (Å²) >= 11 is 0. The van der Waals surface area contributed by atoms with Crippen molar-refractivity contribution in [2.75, 3.05) is 11.0 Å². The Morgan fingerprint density at radius 3 is 2.73 bits per heavy atom. The summed E-state index contributed by atoms with van der Waals surface area (Å²) in [6.07, 6.45) is 8.51. The van der Waals surface area contributed by atoms with Crippen LogP contribution in [0.2, 0.25) is 0 Å². The molecule has 0 atom stereocenters. The standard InChI is InChI=1S/C18H21N5O2S/c1-4-5-15-10-16(8-9-19-15)23-12-14(11-20-23)18-7-6-17(13(2)21-18)22-26(3,24)25/h6-12,22H,4-5H2,1-3H3. The second kappa shape index (κ2) is 7.25. The van der Waals surface area contributed by atoms with Gasteiger partial charge in [0.05, 0.1) is 35.2 Å². The van der Waals surface area contributed by atoms with Gasteiger partial charge in [-0.25, -0.2) is 13.1 Å². The molecule has 136 valence electrons. The van der Waals surface area contributed by atoms with E-state index in [1.807, 2.05) is 18.3 Å². The highest BCUT2D eigenvalue weighted by atomic mass is 32.2. The van der Waals surface area contributed by atoms with Gasteiger partial charge in [-0.1, -0.05) is 13.3 Å². The topological polar surface area (TPSA) is 89.8 Å². The van der Waals surface area contributed by atoms with Crippen molar-refractivity contribution in [3.05, 3.63) is 54.2 Å². The van der Waals surface area contributed by atoms with E-state index >= 15 is 0 Å². The molecule has 0 aromatic carbocycles. The molecular weight excluding hydrogens is 350 g/mol. The molecule has 0 saturated carbocycles. The first-order valence-corrected chi connectivity index (χ1v) is 10.2. The van der Waals surface area contributed by atoms with Crippen LogP contribution in [0.4, 0.5) is 5.69 Å². The van der Waals surface area contributed by atoms with E-state index in [1.165, 1.54) is 0 Å². The highest BCUT2D eigenvalue weighted by Crippen LogP contribution is 2.22. The number of aromatic nitrogens is 4. The Morgan fingerprint density at radius 1 is 1.23 bits per heavy atom. The van der Waals surface area contributed by atoms with E-state index in [0.717, 1.165) is 41.7 Å². The molecule has 0 amide bonds. The zero-order valence-corrected chi connectivity index (χ0v) is 15.8. The molecule has 3 rings (SSSR count).